The van der Waals surface area contributed by atoms with Crippen molar-refractivity contribution in [3.8, 4) is 0 Å². The summed E-state index contributed by atoms with van der Waals surface area (Å²) in [7, 11) is 0.378. The van der Waals surface area contributed by atoms with Gasteiger partial charge in [-0.2, -0.15) is 10.6 Å². The summed E-state index contributed by atoms with van der Waals surface area (Å²) < 4.78 is 14.7. The van der Waals surface area contributed by atoms with E-state index in [2.05, 4.69) is 4.36 Å². The summed E-state index contributed by atoms with van der Waals surface area (Å²) in [6.07, 6.45) is 0. The Labute approximate surface area is 68.5 Å². The standard InChI is InChI=1S/C8H10NOS/c1-7-3-5-8(6-4-7)11(10)9-2/h3-6H,1-2H3/q-1. The summed E-state index contributed by atoms with van der Waals surface area (Å²) in [6, 6.07) is 7.52. The van der Waals surface area contributed by atoms with Gasteiger partial charge in [-0.25, -0.2) is 0 Å². The van der Waals surface area contributed by atoms with E-state index in [9.17, 15) is 4.21 Å². The van der Waals surface area contributed by atoms with Crippen LogP contribution in [0.1, 0.15) is 5.56 Å². The van der Waals surface area contributed by atoms with Gasteiger partial charge in [0.2, 0.25) is 0 Å². The molecule has 0 heterocycles. The van der Waals surface area contributed by atoms with Crippen molar-refractivity contribution in [2.75, 3.05) is 7.05 Å². The van der Waals surface area contributed by atoms with Crippen LogP contribution in [0.3, 0.4) is 0 Å². The Morgan fingerprint density at radius 3 is 2.27 bits per heavy atom. The van der Waals surface area contributed by atoms with Gasteiger partial charge in [-0.1, -0.05) is 34.7 Å². The molecule has 0 unspecified atom stereocenters. The molecule has 0 aromatic heterocycles. The summed E-state index contributed by atoms with van der Waals surface area (Å²) in [5.74, 6) is 0. The third kappa shape index (κ3) is 2.05. The van der Waals surface area contributed by atoms with Crippen molar-refractivity contribution >= 4 is 10.6 Å². The quantitative estimate of drug-likeness (QED) is 0.591. The van der Waals surface area contributed by atoms with Gasteiger partial charge in [0.25, 0.3) is 0 Å². The summed E-state index contributed by atoms with van der Waals surface area (Å²) in [5, 5.41) is 0. The van der Waals surface area contributed by atoms with Gasteiger partial charge in [0.15, 0.2) is 0 Å². The Hall–Kier alpha value is -0.830. The lowest BCUT2D eigenvalue weighted by atomic mass is 10.2. The minimum atomic E-state index is -1.17. The van der Waals surface area contributed by atoms with Gasteiger partial charge in [-0.15, -0.1) is 0 Å². The molecule has 0 N–H and O–H groups in total. The van der Waals surface area contributed by atoms with E-state index in [0.717, 1.165) is 4.90 Å². The van der Waals surface area contributed by atoms with Crippen LogP contribution >= 0.6 is 0 Å². The first kappa shape index (κ1) is 8.27. The van der Waals surface area contributed by atoms with E-state index in [0.29, 0.717) is 0 Å². The molecular weight excluding hydrogens is 158 g/mol. The Balaban J connectivity index is 3.09. The number of hydrogen-bond acceptors (Lipinski definition) is 3. The smallest absolute Gasteiger partial charge is 0.00111 e. The first-order valence-corrected chi connectivity index (χ1v) is 4.43. The normalized spacial score (nSPS) is 13.3. The number of hydrogen-bond donors (Lipinski definition) is 0. The average Bonchev–Trinajstić information content (AvgIpc) is 2.05. The molecule has 0 atom stereocenters. The highest BCUT2D eigenvalue weighted by atomic mass is 32.2. The fraction of sp³-hybridized carbons (Fsp3) is 0.250. The van der Waals surface area contributed by atoms with Crippen LogP contribution in [0.4, 0.5) is 0 Å². The van der Waals surface area contributed by atoms with Crippen LogP contribution in [-0.4, -0.2) is 7.05 Å². The molecule has 2 nitrogen and oxygen atoms in total. The topological polar surface area (TPSA) is 29.4 Å². The van der Waals surface area contributed by atoms with Crippen molar-refractivity contribution in [2.45, 2.75) is 11.8 Å². The van der Waals surface area contributed by atoms with E-state index in [1.807, 2.05) is 31.2 Å². The zero-order valence-electron chi connectivity index (χ0n) is 6.57. The van der Waals surface area contributed by atoms with Crippen LogP contribution in [0, 0.1) is 6.92 Å². The van der Waals surface area contributed by atoms with Crippen molar-refractivity contribution in [1.29, 1.82) is 0 Å². The number of rotatable bonds is 1. The highest BCUT2D eigenvalue weighted by molar-refractivity contribution is 7.74. The second-order valence-corrected chi connectivity index (χ2v) is 3.58. The van der Waals surface area contributed by atoms with Gasteiger partial charge in [0.05, 0.1) is 0 Å². The molecule has 3 heteroatoms. The van der Waals surface area contributed by atoms with E-state index in [1.54, 1.807) is 7.05 Å². The molecule has 0 bridgehead atoms. The summed E-state index contributed by atoms with van der Waals surface area (Å²) in [4.78, 5) is 0.762. The molecule has 0 saturated carbocycles. The third-order valence-corrected chi connectivity index (χ3v) is 2.40. The molecule has 0 fully saturated rings. The van der Waals surface area contributed by atoms with E-state index < -0.39 is 10.6 Å². The number of nitrogens with zero attached hydrogens (tertiary/aromatic N) is 1. The molecule has 0 aliphatic rings. The van der Waals surface area contributed by atoms with Crippen molar-refractivity contribution in [2.24, 2.45) is 4.36 Å². The maximum absolute atomic E-state index is 11.1. The molecule has 1 rings (SSSR count). The van der Waals surface area contributed by atoms with Gasteiger partial charge in [-0.05, 0) is 6.92 Å². The van der Waals surface area contributed by atoms with E-state index >= 15 is 0 Å². The van der Waals surface area contributed by atoms with Crippen molar-refractivity contribution in [3.05, 3.63) is 29.8 Å². The lowest BCUT2D eigenvalue weighted by molar-refractivity contribution is 0.600. The Bertz CT molecular complexity index is 309. The lowest BCUT2D eigenvalue weighted by Crippen LogP contribution is -1.78. The first-order valence-electron chi connectivity index (χ1n) is 3.32. The monoisotopic (exact) mass is 168 g/mol. The van der Waals surface area contributed by atoms with Crippen molar-refractivity contribution in [3.63, 3.8) is 0 Å². The molecule has 1 aromatic rings. The first-order chi connectivity index (χ1) is 5.24. The Kier molecular flexibility index (Phi) is 2.65. The molecule has 0 aliphatic heterocycles. The SMILES string of the molecule is CN=[S-](=O)c1ccc(C)cc1. The van der Waals surface area contributed by atoms with Gasteiger partial charge < -0.3 is 8.57 Å². The molecule has 0 saturated heterocycles. The van der Waals surface area contributed by atoms with Crippen molar-refractivity contribution in [1.82, 2.24) is 0 Å². The Morgan fingerprint density at radius 1 is 1.27 bits per heavy atom. The zero-order chi connectivity index (χ0) is 8.27. The molecule has 0 aliphatic carbocycles. The van der Waals surface area contributed by atoms with E-state index in [-0.39, 0.29) is 0 Å². The van der Waals surface area contributed by atoms with Gasteiger partial charge in [0, 0.05) is 7.05 Å². The second kappa shape index (κ2) is 3.53. The molecule has 11 heavy (non-hydrogen) atoms. The Morgan fingerprint density at radius 2 is 1.82 bits per heavy atom. The minimum Gasteiger partial charge on any atom is -0.440 e. The molecule has 1 aromatic carbocycles. The maximum Gasteiger partial charge on any atom is 0.00111 e. The molecule has 0 amide bonds. The number of aryl methyl sites for hydroxylation is 1. The fourth-order valence-corrected chi connectivity index (χ4v) is 1.34. The second-order valence-electron chi connectivity index (χ2n) is 2.24. The minimum absolute atomic E-state index is 0.762. The van der Waals surface area contributed by atoms with Gasteiger partial charge in [-0.3, -0.25) is 0 Å². The highest BCUT2D eigenvalue weighted by Gasteiger charge is 1.81. The molecular formula is C8H10NOS-. The van der Waals surface area contributed by atoms with Crippen LogP contribution in [0.2, 0.25) is 0 Å². The number of benzene rings is 1. The predicted molar refractivity (Wildman–Crippen MR) is 45.8 cm³/mol. The largest absolute Gasteiger partial charge is 0.440 e. The van der Waals surface area contributed by atoms with Crippen molar-refractivity contribution < 1.29 is 4.21 Å². The predicted octanol–water partition coefficient (Wildman–Crippen LogP) is 2.13. The van der Waals surface area contributed by atoms with Crippen LogP contribution in [-0.2, 0) is 14.8 Å². The van der Waals surface area contributed by atoms with Crippen LogP contribution in [0.15, 0.2) is 33.5 Å². The van der Waals surface area contributed by atoms with E-state index in [4.69, 9.17) is 0 Å². The van der Waals surface area contributed by atoms with Crippen LogP contribution < -0.4 is 0 Å². The third-order valence-electron chi connectivity index (χ3n) is 1.39. The van der Waals surface area contributed by atoms with Crippen LogP contribution in [0.25, 0.3) is 0 Å². The highest BCUT2D eigenvalue weighted by Crippen LogP contribution is 2.04. The zero-order valence-corrected chi connectivity index (χ0v) is 7.39. The molecule has 0 radical (unpaired) electrons. The molecule has 0 spiro atoms. The average molecular weight is 168 g/mol. The summed E-state index contributed by atoms with van der Waals surface area (Å²) in [5.41, 5.74) is 1.17. The lowest BCUT2D eigenvalue weighted by Gasteiger charge is -2.02. The fourth-order valence-electron chi connectivity index (χ4n) is 0.760. The molecule has 60 valence electrons. The summed E-state index contributed by atoms with van der Waals surface area (Å²) in [6.45, 7) is 2.00. The van der Waals surface area contributed by atoms with E-state index in [1.165, 1.54) is 5.56 Å². The van der Waals surface area contributed by atoms with Gasteiger partial charge >= 0.3 is 0 Å². The van der Waals surface area contributed by atoms with Crippen LogP contribution in [0.5, 0.6) is 0 Å². The summed E-state index contributed by atoms with van der Waals surface area (Å²) >= 11 is 0. The maximum atomic E-state index is 11.1. The van der Waals surface area contributed by atoms with Gasteiger partial charge in [0.1, 0.15) is 0 Å².